The van der Waals surface area contributed by atoms with Gasteiger partial charge in [-0.05, 0) is 6.92 Å². The Morgan fingerprint density at radius 1 is 0.733 bits per heavy atom. The van der Waals surface area contributed by atoms with Gasteiger partial charge in [-0.2, -0.15) is 0 Å². The zero-order valence-electron chi connectivity index (χ0n) is 13.1. The van der Waals surface area contributed by atoms with E-state index in [9.17, 15) is 0 Å². The van der Waals surface area contributed by atoms with E-state index in [1.807, 2.05) is 20.8 Å². The molecule has 0 saturated carbocycles. The van der Waals surface area contributed by atoms with Crippen molar-refractivity contribution in [3.05, 3.63) is 12.7 Å². The highest BCUT2D eigenvalue weighted by atomic mass is 13.6. The molecule has 0 radical (unpaired) electrons. The molecule has 0 heteroatoms. The van der Waals surface area contributed by atoms with E-state index < -0.39 is 0 Å². The molecule has 15 heavy (non-hydrogen) atoms. The van der Waals surface area contributed by atoms with Crippen molar-refractivity contribution in [3.8, 4) is 0 Å². The van der Waals surface area contributed by atoms with E-state index >= 15 is 0 Å². The van der Waals surface area contributed by atoms with E-state index in [4.69, 9.17) is 0 Å². The Morgan fingerprint density at radius 2 is 0.800 bits per heavy atom. The first-order valence-electron chi connectivity index (χ1n) is 6.73. The second kappa shape index (κ2) is 99.3. The van der Waals surface area contributed by atoms with Crippen LogP contribution in [-0.2, 0) is 0 Å². The van der Waals surface area contributed by atoms with Crippen molar-refractivity contribution in [3.63, 3.8) is 0 Å². The maximum atomic E-state index is 3.36. The molecule has 0 bridgehead atoms. The first-order chi connectivity index (χ1) is 7.16. The molecular weight excluding hydrogens is 180 g/mol. The van der Waals surface area contributed by atoms with E-state index in [1.165, 1.54) is 25.7 Å². The Hall–Kier alpha value is -0.260. The molecule has 0 heterocycles. The van der Waals surface area contributed by atoms with E-state index in [-0.39, 0.29) is 0 Å². The van der Waals surface area contributed by atoms with Crippen LogP contribution in [0.2, 0.25) is 0 Å². The average molecular weight is 218 g/mol. The maximum absolute atomic E-state index is 3.36. The molecule has 0 aliphatic rings. The number of allylic oxidation sites excluding steroid dienone is 1. The quantitative estimate of drug-likeness (QED) is 0.422. The van der Waals surface area contributed by atoms with Crippen molar-refractivity contribution in [2.45, 2.75) is 88.0 Å². The molecule has 0 spiro atoms. The highest BCUT2D eigenvalue weighted by Gasteiger charge is 1.56. The average Bonchev–Trinajstić information content (AvgIpc) is 2.24. The molecule has 0 fully saturated rings. The van der Waals surface area contributed by atoms with Gasteiger partial charge in [0, 0.05) is 0 Å². The first-order valence-corrected chi connectivity index (χ1v) is 6.73. The predicted molar refractivity (Wildman–Crippen MR) is 79.7 cm³/mol. The van der Waals surface area contributed by atoms with Gasteiger partial charge in [0.15, 0.2) is 0 Å². The zero-order chi connectivity index (χ0) is 13.5. The standard InChI is InChI=1S/C4H10.2C3H8.C3H6.C2H6/c1-3-4-2;3*1-3-2;1-2/h3-4H2,1-2H3;2*3H2,1-2H3;3H,1H2,2H3;1-2H3. The van der Waals surface area contributed by atoms with Crippen molar-refractivity contribution in [2.24, 2.45) is 0 Å². The van der Waals surface area contributed by atoms with Gasteiger partial charge in [-0.15, -0.1) is 6.58 Å². The summed E-state index contributed by atoms with van der Waals surface area (Å²) in [6, 6.07) is 0. The molecule has 0 nitrogen and oxygen atoms in total. The molecule has 0 saturated heterocycles. The van der Waals surface area contributed by atoms with Crippen LogP contribution in [0.3, 0.4) is 0 Å². The fourth-order valence-corrected chi connectivity index (χ4v) is 0. The molecule has 98 valence electrons. The summed E-state index contributed by atoms with van der Waals surface area (Å²) in [6.45, 7) is 22.1. The van der Waals surface area contributed by atoms with Crippen LogP contribution in [0.5, 0.6) is 0 Å². The normalized spacial score (nSPS) is 5.67. The SMILES string of the molecule is C=CC.CC.CCC.CCC.CCCC. The zero-order valence-corrected chi connectivity index (χ0v) is 13.1. The third-order valence-electron chi connectivity index (χ3n) is 0.500. The van der Waals surface area contributed by atoms with Crippen LogP contribution in [0.25, 0.3) is 0 Å². The molecule has 0 aromatic rings. The summed E-state index contributed by atoms with van der Waals surface area (Å²) in [5.74, 6) is 0. The molecule has 0 aliphatic carbocycles. The van der Waals surface area contributed by atoms with Crippen molar-refractivity contribution in [1.82, 2.24) is 0 Å². The Bertz CT molecular complexity index is 33.3. The topological polar surface area (TPSA) is 0 Å². The van der Waals surface area contributed by atoms with Crippen LogP contribution in [0.4, 0.5) is 0 Å². The molecule has 0 aliphatic heterocycles. The Labute approximate surface area is 101 Å². The molecule has 0 aromatic carbocycles. The fourth-order valence-electron chi connectivity index (χ4n) is 0. The minimum atomic E-state index is 1.25. The molecular formula is C15H38. The van der Waals surface area contributed by atoms with Crippen LogP contribution in [-0.4, -0.2) is 0 Å². The lowest BCUT2D eigenvalue weighted by Crippen LogP contribution is -1.47. The molecule has 0 amide bonds. The third kappa shape index (κ3) is 3460. The van der Waals surface area contributed by atoms with Crippen molar-refractivity contribution >= 4 is 0 Å². The Kier molecular flexibility index (Phi) is 194. The van der Waals surface area contributed by atoms with Gasteiger partial charge in [0.25, 0.3) is 0 Å². The van der Waals surface area contributed by atoms with Gasteiger partial charge in [0.05, 0.1) is 0 Å². The molecule has 0 rings (SSSR count). The van der Waals surface area contributed by atoms with Gasteiger partial charge in [-0.25, -0.2) is 0 Å². The number of hydrogen-bond donors (Lipinski definition) is 0. The van der Waals surface area contributed by atoms with Crippen LogP contribution in [0.15, 0.2) is 12.7 Å². The fraction of sp³-hybridized carbons (Fsp3) is 0.867. The summed E-state index contributed by atoms with van der Waals surface area (Å²) in [7, 11) is 0. The molecule has 0 unspecified atom stereocenters. The summed E-state index contributed by atoms with van der Waals surface area (Å²) < 4.78 is 0. The third-order valence-corrected chi connectivity index (χ3v) is 0.500. The number of hydrogen-bond acceptors (Lipinski definition) is 0. The summed E-state index contributed by atoms with van der Waals surface area (Å²) in [6.07, 6.45) is 6.89. The second-order valence-corrected chi connectivity index (χ2v) is 2.82. The second-order valence-electron chi connectivity index (χ2n) is 2.82. The summed E-state index contributed by atoms with van der Waals surface area (Å²) in [4.78, 5) is 0. The van der Waals surface area contributed by atoms with Crippen molar-refractivity contribution in [1.29, 1.82) is 0 Å². The Balaban J connectivity index is -0.0000000283. The van der Waals surface area contributed by atoms with Gasteiger partial charge in [0.1, 0.15) is 0 Å². The van der Waals surface area contributed by atoms with Crippen LogP contribution >= 0.6 is 0 Å². The maximum Gasteiger partial charge on any atom is -0.0473 e. The van der Waals surface area contributed by atoms with E-state index in [1.54, 1.807) is 6.08 Å². The monoisotopic (exact) mass is 218 g/mol. The lowest BCUT2D eigenvalue weighted by molar-refractivity contribution is 0.886. The lowest BCUT2D eigenvalue weighted by Gasteiger charge is -1.68. The molecule has 0 aromatic heterocycles. The van der Waals surface area contributed by atoms with Crippen molar-refractivity contribution < 1.29 is 0 Å². The summed E-state index contributed by atoms with van der Waals surface area (Å²) in [5.41, 5.74) is 0. The number of rotatable bonds is 1. The van der Waals surface area contributed by atoms with Gasteiger partial charge < -0.3 is 0 Å². The van der Waals surface area contributed by atoms with Gasteiger partial charge >= 0.3 is 0 Å². The van der Waals surface area contributed by atoms with Crippen molar-refractivity contribution in [2.75, 3.05) is 0 Å². The Morgan fingerprint density at radius 3 is 0.800 bits per heavy atom. The van der Waals surface area contributed by atoms with Gasteiger partial charge in [-0.3, -0.25) is 0 Å². The number of unbranched alkanes of at least 4 members (excludes halogenated alkanes) is 1. The minimum Gasteiger partial charge on any atom is -0.103 e. The smallest absolute Gasteiger partial charge is 0.0473 e. The highest BCUT2D eigenvalue weighted by molar-refractivity contribution is 4.51. The van der Waals surface area contributed by atoms with E-state index in [0.717, 1.165) is 0 Å². The predicted octanol–water partition coefficient (Wildman–Crippen LogP) is 6.86. The van der Waals surface area contributed by atoms with Gasteiger partial charge in [-0.1, -0.05) is 87.1 Å². The largest absolute Gasteiger partial charge is 0.103 e. The van der Waals surface area contributed by atoms with E-state index in [0.29, 0.717) is 0 Å². The van der Waals surface area contributed by atoms with Gasteiger partial charge in [0.2, 0.25) is 0 Å². The van der Waals surface area contributed by atoms with Crippen LogP contribution in [0.1, 0.15) is 88.0 Å². The lowest BCUT2D eigenvalue weighted by atomic mass is 10.4. The minimum absolute atomic E-state index is 1.25. The molecule has 0 N–H and O–H groups in total. The van der Waals surface area contributed by atoms with Crippen LogP contribution in [0, 0.1) is 0 Å². The van der Waals surface area contributed by atoms with Crippen LogP contribution < -0.4 is 0 Å². The molecule has 0 atom stereocenters. The highest BCUT2D eigenvalue weighted by Crippen LogP contribution is 1.76. The summed E-state index contributed by atoms with van der Waals surface area (Å²) in [5, 5.41) is 0. The first kappa shape index (κ1) is 29.3. The van der Waals surface area contributed by atoms with E-state index in [2.05, 4.69) is 48.1 Å². The summed E-state index contributed by atoms with van der Waals surface area (Å²) >= 11 is 0.